The molecule has 0 bridgehead atoms. The van der Waals surface area contributed by atoms with Gasteiger partial charge in [-0.1, -0.05) is 18.2 Å². The molecule has 5 rings (SSSR count). The number of nitrogens with one attached hydrogen (secondary N) is 2. The number of aromatic amines is 1. The first-order valence-electron chi connectivity index (χ1n) is 11.2. The quantitative estimate of drug-likeness (QED) is 0.660. The Morgan fingerprint density at radius 3 is 2.52 bits per heavy atom. The monoisotopic (exact) mass is 417 g/mol. The molecule has 0 radical (unpaired) electrons. The van der Waals surface area contributed by atoms with E-state index in [-0.39, 0.29) is 5.91 Å². The molecule has 0 spiro atoms. The first kappa shape index (κ1) is 20.1. The van der Waals surface area contributed by atoms with E-state index in [1.54, 1.807) is 0 Å². The standard InChI is InChI=1S/C25H31N5O/c1-15-7-5-8-16(2)21(15)12-26-24-23-20(17(3)18(4)27-23)11-22(28-24)25(31)30-13-19(14-30)29-9-6-10-29/h5,7-8,11,19,27H,6,9-10,12-14H2,1-4H3,(H,26,28). The van der Waals surface area contributed by atoms with Crippen molar-refractivity contribution in [2.75, 3.05) is 31.5 Å². The third kappa shape index (κ3) is 3.49. The summed E-state index contributed by atoms with van der Waals surface area (Å²) >= 11 is 0. The van der Waals surface area contributed by atoms with Crippen molar-refractivity contribution in [1.82, 2.24) is 19.8 Å². The lowest BCUT2D eigenvalue weighted by Gasteiger charge is -2.48. The maximum atomic E-state index is 13.2. The Kier molecular flexibility index (Phi) is 4.97. The molecule has 2 N–H and O–H groups in total. The van der Waals surface area contributed by atoms with Crippen molar-refractivity contribution in [1.29, 1.82) is 0 Å². The molecule has 2 aliphatic heterocycles. The van der Waals surface area contributed by atoms with Crippen LogP contribution in [0.25, 0.3) is 10.9 Å². The zero-order valence-corrected chi connectivity index (χ0v) is 18.9. The fourth-order valence-electron chi connectivity index (χ4n) is 4.71. The van der Waals surface area contributed by atoms with E-state index >= 15 is 0 Å². The Balaban J connectivity index is 1.43. The average molecular weight is 418 g/mol. The highest BCUT2D eigenvalue weighted by Gasteiger charge is 2.37. The highest BCUT2D eigenvalue weighted by atomic mass is 16.2. The maximum absolute atomic E-state index is 13.2. The van der Waals surface area contributed by atoms with Crippen LogP contribution in [0.1, 0.15) is 44.9 Å². The Hall–Kier alpha value is -2.86. The maximum Gasteiger partial charge on any atom is 0.272 e. The number of amides is 1. The number of likely N-dealkylation sites (tertiary alicyclic amines) is 2. The van der Waals surface area contributed by atoms with Gasteiger partial charge in [-0.25, -0.2) is 4.98 Å². The van der Waals surface area contributed by atoms with Crippen LogP contribution >= 0.6 is 0 Å². The van der Waals surface area contributed by atoms with Crippen LogP contribution in [-0.4, -0.2) is 57.9 Å². The molecular weight excluding hydrogens is 386 g/mol. The zero-order valence-electron chi connectivity index (χ0n) is 18.9. The number of hydrogen-bond donors (Lipinski definition) is 2. The fourth-order valence-corrected chi connectivity index (χ4v) is 4.71. The summed E-state index contributed by atoms with van der Waals surface area (Å²) < 4.78 is 0. The Morgan fingerprint density at radius 2 is 1.87 bits per heavy atom. The van der Waals surface area contributed by atoms with Crippen LogP contribution in [0.3, 0.4) is 0 Å². The number of anilines is 1. The summed E-state index contributed by atoms with van der Waals surface area (Å²) in [5.74, 6) is 0.784. The minimum atomic E-state index is 0.0343. The number of carbonyl (C=O) groups excluding carboxylic acids is 1. The van der Waals surface area contributed by atoms with E-state index in [0.717, 1.165) is 35.5 Å². The molecule has 1 amide bonds. The Labute approximate surface area is 183 Å². The molecule has 2 fully saturated rings. The van der Waals surface area contributed by atoms with Crippen LogP contribution in [0.15, 0.2) is 24.3 Å². The van der Waals surface area contributed by atoms with Crippen molar-refractivity contribution < 1.29 is 4.79 Å². The van der Waals surface area contributed by atoms with Gasteiger partial charge in [-0.2, -0.15) is 0 Å². The van der Waals surface area contributed by atoms with Crippen LogP contribution in [0.4, 0.5) is 5.82 Å². The Bertz CT molecular complexity index is 1130. The highest BCUT2D eigenvalue weighted by molar-refractivity contribution is 6.01. The first-order chi connectivity index (χ1) is 14.9. The second-order valence-electron chi connectivity index (χ2n) is 9.13. The lowest BCUT2D eigenvalue weighted by Crippen LogP contribution is -2.64. The molecule has 162 valence electrons. The number of aromatic nitrogens is 2. The van der Waals surface area contributed by atoms with Gasteiger partial charge in [-0.05, 0) is 75.5 Å². The fraction of sp³-hybridized carbons (Fsp3) is 0.440. The van der Waals surface area contributed by atoms with Crippen molar-refractivity contribution in [3.05, 3.63) is 57.9 Å². The first-order valence-corrected chi connectivity index (χ1v) is 11.2. The second-order valence-corrected chi connectivity index (χ2v) is 9.13. The number of pyridine rings is 1. The van der Waals surface area contributed by atoms with E-state index in [1.807, 2.05) is 11.0 Å². The summed E-state index contributed by atoms with van der Waals surface area (Å²) in [6.45, 7) is 13.1. The smallest absolute Gasteiger partial charge is 0.272 e. The lowest BCUT2D eigenvalue weighted by atomic mass is 10.0. The van der Waals surface area contributed by atoms with Crippen LogP contribution in [0.5, 0.6) is 0 Å². The van der Waals surface area contributed by atoms with Crippen LogP contribution in [0, 0.1) is 27.7 Å². The summed E-state index contributed by atoms with van der Waals surface area (Å²) in [6, 6.07) is 8.84. The molecule has 0 atom stereocenters. The Morgan fingerprint density at radius 1 is 1.16 bits per heavy atom. The minimum Gasteiger partial charge on any atom is -0.364 e. The van der Waals surface area contributed by atoms with Crippen LogP contribution in [-0.2, 0) is 6.54 Å². The topological polar surface area (TPSA) is 64.3 Å². The molecule has 0 saturated carbocycles. The molecule has 6 nitrogen and oxygen atoms in total. The van der Waals surface area contributed by atoms with Crippen molar-refractivity contribution in [3.8, 4) is 0 Å². The molecule has 1 aromatic carbocycles. The average Bonchev–Trinajstić information content (AvgIpc) is 2.96. The molecule has 2 saturated heterocycles. The second kappa shape index (κ2) is 7.68. The number of nitrogens with zero attached hydrogens (tertiary/aromatic N) is 3. The van der Waals surface area contributed by atoms with Gasteiger partial charge in [-0.3, -0.25) is 9.69 Å². The van der Waals surface area contributed by atoms with E-state index < -0.39 is 0 Å². The predicted octanol–water partition coefficient (Wildman–Crippen LogP) is 3.94. The summed E-state index contributed by atoms with van der Waals surface area (Å²) in [4.78, 5) is 25.9. The van der Waals surface area contributed by atoms with Gasteiger partial charge >= 0.3 is 0 Å². The SMILES string of the molecule is Cc1cccc(C)c1CNc1nc(C(=O)N2CC(N3CCC3)C2)cc2c(C)c(C)[nH]c12. The van der Waals surface area contributed by atoms with Crippen LogP contribution in [0.2, 0.25) is 0 Å². The van der Waals surface area contributed by atoms with Gasteiger partial charge in [0.1, 0.15) is 5.69 Å². The largest absolute Gasteiger partial charge is 0.364 e. The highest BCUT2D eigenvalue weighted by Crippen LogP contribution is 2.30. The third-order valence-corrected chi connectivity index (χ3v) is 7.15. The van der Waals surface area contributed by atoms with Gasteiger partial charge in [0.15, 0.2) is 5.82 Å². The molecule has 2 aromatic heterocycles. The molecule has 0 unspecified atom stereocenters. The summed E-state index contributed by atoms with van der Waals surface area (Å²) in [6.07, 6.45) is 1.28. The van der Waals surface area contributed by atoms with Crippen molar-refractivity contribution >= 4 is 22.6 Å². The number of fused-ring (bicyclic) bond motifs is 1. The number of hydrogen-bond acceptors (Lipinski definition) is 4. The molecular formula is C25H31N5O. The van der Waals surface area contributed by atoms with Gasteiger partial charge in [-0.15, -0.1) is 0 Å². The summed E-state index contributed by atoms with van der Waals surface area (Å²) in [5, 5.41) is 4.59. The number of H-pyrrole nitrogens is 1. The molecule has 3 aromatic rings. The van der Waals surface area contributed by atoms with Gasteiger partial charge in [0, 0.05) is 36.8 Å². The molecule has 31 heavy (non-hydrogen) atoms. The van der Waals surface area contributed by atoms with E-state index in [2.05, 4.69) is 61.1 Å². The van der Waals surface area contributed by atoms with Gasteiger partial charge in [0.05, 0.1) is 5.52 Å². The molecule has 6 heteroatoms. The number of benzene rings is 1. The third-order valence-electron chi connectivity index (χ3n) is 7.15. The van der Waals surface area contributed by atoms with Gasteiger partial charge in [0.2, 0.25) is 0 Å². The lowest BCUT2D eigenvalue weighted by molar-refractivity contribution is 0.00384. The molecule has 2 aliphatic rings. The number of carbonyl (C=O) groups is 1. The zero-order chi connectivity index (χ0) is 21.7. The normalized spacial score (nSPS) is 17.0. The number of rotatable bonds is 5. The van der Waals surface area contributed by atoms with E-state index in [9.17, 15) is 4.79 Å². The van der Waals surface area contributed by atoms with Crippen molar-refractivity contribution in [3.63, 3.8) is 0 Å². The minimum absolute atomic E-state index is 0.0343. The summed E-state index contributed by atoms with van der Waals surface area (Å²) in [5.41, 5.74) is 7.57. The summed E-state index contributed by atoms with van der Waals surface area (Å²) in [7, 11) is 0. The predicted molar refractivity (Wildman–Crippen MR) is 125 cm³/mol. The molecule has 4 heterocycles. The van der Waals surface area contributed by atoms with Crippen molar-refractivity contribution in [2.45, 2.75) is 46.7 Å². The van der Waals surface area contributed by atoms with E-state index in [0.29, 0.717) is 18.3 Å². The molecule has 0 aliphatic carbocycles. The van der Waals surface area contributed by atoms with E-state index in [4.69, 9.17) is 4.98 Å². The number of aryl methyl sites for hydroxylation is 4. The van der Waals surface area contributed by atoms with Gasteiger partial charge < -0.3 is 15.2 Å². The van der Waals surface area contributed by atoms with E-state index in [1.165, 1.54) is 41.8 Å². The van der Waals surface area contributed by atoms with Crippen molar-refractivity contribution in [2.24, 2.45) is 0 Å². The van der Waals surface area contributed by atoms with Gasteiger partial charge in [0.25, 0.3) is 5.91 Å². The van der Waals surface area contributed by atoms with Crippen LogP contribution < -0.4 is 5.32 Å².